The molecule has 3 aromatic carbocycles. The Bertz CT molecular complexity index is 1170. The summed E-state index contributed by atoms with van der Waals surface area (Å²) in [6, 6.07) is 23.0. The van der Waals surface area contributed by atoms with Gasteiger partial charge in [-0.2, -0.15) is 16.5 Å². The van der Waals surface area contributed by atoms with Gasteiger partial charge in [0.15, 0.2) is 0 Å². The maximum Gasteiger partial charge on any atom is 0.241 e. The monoisotopic (exact) mass is 498 g/mol. The summed E-state index contributed by atoms with van der Waals surface area (Å²) in [6.45, 7) is 1.89. The number of hydrogen-bond donors (Lipinski definition) is 2. The Morgan fingerprint density at radius 2 is 1.56 bits per heavy atom. The smallest absolute Gasteiger partial charge is 0.241 e. The van der Waals surface area contributed by atoms with Crippen LogP contribution >= 0.6 is 11.8 Å². The Kier molecular flexibility index (Phi) is 9.15. The number of rotatable bonds is 11. The van der Waals surface area contributed by atoms with Crippen molar-refractivity contribution in [2.75, 3.05) is 19.1 Å². The lowest BCUT2D eigenvalue weighted by molar-refractivity contribution is -0.123. The Morgan fingerprint density at radius 1 is 0.941 bits per heavy atom. The standard InChI is InChI=1S/C26H30N2O4S2/c1-19(20-9-11-22(12-10-20)21-7-5-4-6-8-21)27-26(29)25(17-18-33-3)28-34(30,31)24-15-13-23(32-2)14-16-24/h4-16,19,25,28H,17-18H2,1-3H3,(H,27,29)/t19-,25+/m0/s1. The number of amides is 1. The molecule has 0 radical (unpaired) electrons. The summed E-state index contributed by atoms with van der Waals surface area (Å²) in [4.78, 5) is 13.1. The summed E-state index contributed by atoms with van der Waals surface area (Å²) in [6.07, 6.45) is 2.30. The van der Waals surface area contributed by atoms with Gasteiger partial charge in [-0.1, -0.05) is 54.6 Å². The van der Waals surface area contributed by atoms with Crippen molar-refractivity contribution in [2.45, 2.75) is 30.3 Å². The molecule has 180 valence electrons. The fourth-order valence-corrected chi connectivity index (χ4v) is 5.18. The van der Waals surface area contributed by atoms with E-state index in [-0.39, 0.29) is 16.8 Å². The second-order valence-electron chi connectivity index (χ2n) is 7.85. The summed E-state index contributed by atoms with van der Waals surface area (Å²) in [5.41, 5.74) is 3.15. The van der Waals surface area contributed by atoms with Crippen LogP contribution in [0.2, 0.25) is 0 Å². The molecule has 6 nitrogen and oxygen atoms in total. The number of sulfonamides is 1. The van der Waals surface area contributed by atoms with E-state index in [1.54, 1.807) is 23.9 Å². The van der Waals surface area contributed by atoms with Gasteiger partial charge in [0.25, 0.3) is 0 Å². The zero-order valence-electron chi connectivity index (χ0n) is 19.5. The van der Waals surface area contributed by atoms with Crippen LogP contribution in [0.3, 0.4) is 0 Å². The second kappa shape index (κ2) is 12.1. The number of hydrogen-bond acceptors (Lipinski definition) is 5. The lowest BCUT2D eigenvalue weighted by Crippen LogP contribution is -2.47. The predicted octanol–water partition coefficient (Wildman–Crippen LogP) is 4.64. The molecule has 2 atom stereocenters. The molecule has 8 heteroatoms. The van der Waals surface area contributed by atoms with Gasteiger partial charge in [-0.3, -0.25) is 4.79 Å². The molecule has 0 saturated heterocycles. The van der Waals surface area contributed by atoms with Gasteiger partial charge in [0, 0.05) is 0 Å². The van der Waals surface area contributed by atoms with E-state index < -0.39 is 16.1 Å². The molecule has 3 rings (SSSR count). The van der Waals surface area contributed by atoms with Crippen LogP contribution in [0.5, 0.6) is 5.75 Å². The summed E-state index contributed by atoms with van der Waals surface area (Å²) >= 11 is 1.56. The van der Waals surface area contributed by atoms with E-state index in [1.807, 2.05) is 67.8 Å². The molecular weight excluding hydrogens is 468 g/mol. The van der Waals surface area contributed by atoms with Gasteiger partial charge in [0.05, 0.1) is 18.0 Å². The van der Waals surface area contributed by atoms with Crippen LogP contribution in [0.1, 0.15) is 24.9 Å². The predicted molar refractivity (Wildman–Crippen MR) is 139 cm³/mol. The average molecular weight is 499 g/mol. The van der Waals surface area contributed by atoms with E-state index in [0.717, 1.165) is 16.7 Å². The minimum absolute atomic E-state index is 0.0831. The van der Waals surface area contributed by atoms with Gasteiger partial charge in [-0.25, -0.2) is 8.42 Å². The van der Waals surface area contributed by atoms with Gasteiger partial charge in [-0.05, 0) is 66.3 Å². The Morgan fingerprint density at radius 3 is 2.15 bits per heavy atom. The van der Waals surface area contributed by atoms with Crippen LogP contribution in [0.4, 0.5) is 0 Å². The Balaban J connectivity index is 1.70. The summed E-state index contributed by atoms with van der Waals surface area (Å²) < 4.78 is 33.5. The number of ether oxygens (including phenoxy) is 1. The maximum absolute atomic E-state index is 13.1. The highest BCUT2D eigenvalue weighted by Crippen LogP contribution is 2.22. The van der Waals surface area contributed by atoms with Gasteiger partial charge in [-0.15, -0.1) is 0 Å². The average Bonchev–Trinajstić information content (AvgIpc) is 2.87. The van der Waals surface area contributed by atoms with Crippen molar-refractivity contribution >= 4 is 27.7 Å². The number of carbonyl (C=O) groups excluding carboxylic acids is 1. The number of methoxy groups -OCH3 is 1. The minimum Gasteiger partial charge on any atom is -0.497 e. The molecule has 3 aromatic rings. The van der Waals surface area contributed by atoms with Crippen molar-refractivity contribution in [1.29, 1.82) is 0 Å². The van der Waals surface area contributed by atoms with Crippen LogP contribution < -0.4 is 14.8 Å². The van der Waals surface area contributed by atoms with E-state index in [4.69, 9.17) is 4.74 Å². The molecule has 0 bridgehead atoms. The molecule has 0 aliphatic carbocycles. The first-order valence-corrected chi connectivity index (χ1v) is 13.8. The summed E-state index contributed by atoms with van der Waals surface area (Å²) in [5.74, 6) is 0.845. The number of nitrogens with one attached hydrogen (secondary N) is 2. The molecule has 0 fully saturated rings. The van der Waals surface area contributed by atoms with Crippen molar-refractivity contribution in [1.82, 2.24) is 10.0 Å². The summed E-state index contributed by atoms with van der Waals surface area (Å²) in [5, 5.41) is 2.96. The quantitative estimate of drug-likeness (QED) is 0.402. The largest absolute Gasteiger partial charge is 0.497 e. The molecule has 2 N–H and O–H groups in total. The van der Waals surface area contributed by atoms with Crippen molar-refractivity contribution in [3.05, 3.63) is 84.4 Å². The maximum atomic E-state index is 13.1. The normalized spacial score (nSPS) is 13.1. The molecule has 0 spiro atoms. The Labute approximate surface area is 206 Å². The summed E-state index contributed by atoms with van der Waals surface area (Å²) in [7, 11) is -2.36. The molecule has 34 heavy (non-hydrogen) atoms. The molecule has 0 heterocycles. The SMILES string of the molecule is COc1ccc(S(=O)(=O)N[C@H](CCSC)C(=O)N[C@@H](C)c2ccc(-c3ccccc3)cc2)cc1. The molecule has 0 aliphatic rings. The zero-order chi connectivity index (χ0) is 24.6. The third-order valence-corrected chi connectivity index (χ3v) is 7.60. The topological polar surface area (TPSA) is 84.5 Å². The van der Waals surface area contributed by atoms with Crippen molar-refractivity contribution in [2.24, 2.45) is 0 Å². The van der Waals surface area contributed by atoms with Crippen molar-refractivity contribution in [3.63, 3.8) is 0 Å². The first-order valence-electron chi connectivity index (χ1n) is 10.9. The van der Waals surface area contributed by atoms with E-state index in [9.17, 15) is 13.2 Å². The first-order chi connectivity index (χ1) is 16.3. The minimum atomic E-state index is -3.87. The lowest BCUT2D eigenvalue weighted by Gasteiger charge is -2.22. The number of thioether (sulfide) groups is 1. The van der Waals surface area contributed by atoms with Gasteiger partial charge in [0.1, 0.15) is 11.8 Å². The highest BCUT2D eigenvalue weighted by Gasteiger charge is 2.26. The van der Waals surface area contributed by atoms with Crippen molar-refractivity contribution in [3.8, 4) is 16.9 Å². The van der Waals surface area contributed by atoms with Crippen LogP contribution in [0, 0.1) is 0 Å². The first kappa shape index (κ1) is 25.8. The van der Waals surface area contributed by atoms with E-state index in [1.165, 1.54) is 19.2 Å². The molecule has 0 unspecified atom stereocenters. The van der Waals surface area contributed by atoms with E-state index >= 15 is 0 Å². The highest BCUT2D eigenvalue weighted by molar-refractivity contribution is 7.98. The number of benzene rings is 3. The fraction of sp³-hybridized carbons (Fsp3) is 0.269. The van der Waals surface area contributed by atoms with Crippen LogP contribution in [-0.4, -0.2) is 39.5 Å². The van der Waals surface area contributed by atoms with Gasteiger partial charge >= 0.3 is 0 Å². The third kappa shape index (κ3) is 6.85. The third-order valence-electron chi connectivity index (χ3n) is 5.47. The lowest BCUT2D eigenvalue weighted by atomic mass is 10.0. The number of carbonyl (C=O) groups is 1. The fourth-order valence-electron chi connectivity index (χ4n) is 3.48. The Hall–Kier alpha value is -2.81. The van der Waals surface area contributed by atoms with Crippen LogP contribution in [0.25, 0.3) is 11.1 Å². The van der Waals surface area contributed by atoms with Gasteiger partial charge in [0.2, 0.25) is 15.9 Å². The molecular formula is C26H30N2O4S2. The highest BCUT2D eigenvalue weighted by atomic mass is 32.2. The second-order valence-corrected chi connectivity index (χ2v) is 10.5. The molecule has 0 saturated carbocycles. The van der Waals surface area contributed by atoms with Crippen LogP contribution in [-0.2, 0) is 14.8 Å². The van der Waals surface area contributed by atoms with E-state index in [0.29, 0.717) is 17.9 Å². The molecule has 1 amide bonds. The van der Waals surface area contributed by atoms with Crippen LogP contribution in [0.15, 0.2) is 83.8 Å². The molecule has 0 aromatic heterocycles. The van der Waals surface area contributed by atoms with Crippen molar-refractivity contribution < 1.29 is 17.9 Å². The zero-order valence-corrected chi connectivity index (χ0v) is 21.2. The van der Waals surface area contributed by atoms with Gasteiger partial charge < -0.3 is 10.1 Å². The molecule has 0 aliphatic heterocycles. The van der Waals surface area contributed by atoms with E-state index in [2.05, 4.69) is 10.0 Å².